The van der Waals surface area contributed by atoms with Gasteiger partial charge in [0.05, 0.1) is 38.2 Å². The molecule has 1 fully saturated rings. The Kier molecular flexibility index (Phi) is 7.31. The fourth-order valence-electron chi connectivity index (χ4n) is 4.07. The van der Waals surface area contributed by atoms with Crippen molar-refractivity contribution in [3.8, 4) is 11.5 Å². The summed E-state index contributed by atoms with van der Waals surface area (Å²) in [5.41, 5.74) is 0.287. The minimum absolute atomic E-state index is 0.0186. The average molecular weight is 417 g/mol. The number of nitrogens with one attached hydrogen (secondary N) is 2. The van der Waals surface area contributed by atoms with Crippen molar-refractivity contribution >= 4 is 16.8 Å². The van der Waals surface area contributed by atoms with Gasteiger partial charge in [-0.3, -0.25) is 14.5 Å². The van der Waals surface area contributed by atoms with Crippen LogP contribution < -0.4 is 20.3 Å². The Labute approximate surface area is 177 Å². The van der Waals surface area contributed by atoms with E-state index in [1.54, 1.807) is 19.2 Å². The first kappa shape index (κ1) is 22.1. The summed E-state index contributed by atoms with van der Waals surface area (Å²) in [5, 5.41) is 3.62. The predicted molar refractivity (Wildman–Crippen MR) is 116 cm³/mol. The highest BCUT2D eigenvalue weighted by Crippen LogP contribution is 2.30. The smallest absolute Gasteiger partial charge is 0.258 e. The van der Waals surface area contributed by atoms with Crippen LogP contribution in [0.15, 0.2) is 16.9 Å². The number of hydrogen-bond donors (Lipinski definition) is 2. The van der Waals surface area contributed by atoms with E-state index in [-0.39, 0.29) is 24.1 Å². The number of rotatable bonds is 8. The number of hydrogen-bond acceptors (Lipinski definition) is 6. The van der Waals surface area contributed by atoms with Crippen molar-refractivity contribution in [2.45, 2.75) is 52.1 Å². The van der Waals surface area contributed by atoms with Gasteiger partial charge in [-0.15, -0.1) is 0 Å². The van der Waals surface area contributed by atoms with Gasteiger partial charge in [-0.1, -0.05) is 26.7 Å². The third-order valence-electron chi connectivity index (χ3n) is 5.91. The first-order chi connectivity index (χ1) is 14.4. The lowest BCUT2D eigenvalue weighted by Crippen LogP contribution is -2.45. The number of nitrogens with zero attached hydrogens (tertiary/aromatic N) is 2. The molecule has 1 amide bonds. The molecule has 1 aliphatic rings. The Morgan fingerprint density at radius 2 is 1.93 bits per heavy atom. The summed E-state index contributed by atoms with van der Waals surface area (Å²) in [5.74, 6) is 2.05. The molecule has 2 N–H and O–H groups in total. The van der Waals surface area contributed by atoms with E-state index in [0.717, 1.165) is 6.42 Å². The molecule has 0 saturated heterocycles. The van der Waals surface area contributed by atoms with Gasteiger partial charge < -0.3 is 19.8 Å². The zero-order valence-electron chi connectivity index (χ0n) is 18.3. The van der Waals surface area contributed by atoms with Crippen LogP contribution in [0.1, 0.15) is 45.4 Å². The van der Waals surface area contributed by atoms with E-state index < -0.39 is 0 Å². The van der Waals surface area contributed by atoms with Crippen LogP contribution in [0.3, 0.4) is 0 Å². The van der Waals surface area contributed by atoms with Gasteiger partial charge in [-0.05, 0) is 31.4 Å². The van der Waals surface area contributed by atoms with Crippen molar-refractivity contribution in [2.24, 2.45) is 5.92 Å². The number of amides is 1. The number of likely N-dealkylation sites (N-methyl/N-ethyl adjacent to an activating group) is 1. The van der Waals surface area contributed by atoms with Crippen molar-refractivity contribution in [3.63, 3.8) is 0 Å². The molecule has 164 valence electrons. The Balaban J connectivity index is 1.73. The molecule has 0 bridgehead atoms. The second-order valence-corrected chi connectivity index (χ2v) is 7.98. The summed E-state index contributed by atoms with van der Waals surface area (Å²) in [6.45, 7) is 5.51. The average Bonchev–Trinajstić information content (AvgIpc) is 2.74. The van der Waals surface area contributed by atoms with E-state index in [1.165, 1.54) is 26.4 Å². The first-order valence-electron chi connectivity index (χ1n) is 10.6. The van der Waals surface area contributed by atoms with Gasteiger partial charge >= 0.3 is 0 Å². The third kappa shape index (κ3) is 5.11. The zero-order valence-corrected chi connectivity index (χ0v) is 18.3. The molecule has 1 aromatic heterocycles. The van der Waals surface area contributed by atoms with Crippen molar-refractivity contribution in [1.82, 2.24) is 20.2 Å². The normalized spacial score (nSPS) is 19.1. The predicted octanol–water partition coefficient (Wildman–Crippen LogP) is 2.46. The maximum atomic E-state index is 12.6. The number of methoxy groups -OCH3 is 2. The minimum atomic E-state index is -0.243. The van der Waals surface area contributed by atoms with E-state index in [2.05, 4.69) is 22.2 Å². The van der Waals surface area contributed by atoms with Gasteiger partial charge in [0.15, 0.2) is 11.5 Å². The third-order valence-corrected chi connectivity index (χ3v) is 5.91. The van der Waals surface area contributed by atoms with Gasteiger partial charge in [0.1, 0.15) is 5.82 Å². The molecule has 1 saturated carbocycles. The lowest BCUT2D eigenvalue weighted by molar-refractivity contribution is -0.123. The summed E-state index contributed by atoms with van der Waals surface area (Å²) < 4.78 is 10.6. The Morgan fingerprint density at radius 1 is 1.23 bits per heavy atom. The fraction of sp³-hybridized carbons (Fsp3) is 0.591. The second kappa shape index (κ2) is 9.93. The van der Waals surface area contributed by atoms with Crippen molar-refractivity contribution in [3.05, 3.63) is 28.3 Å². The number of carbonyl (C=O) groups excluding carboxylic acids is 1. The maximum absolute atomic E-state index is 12.6. The van der Waals surface area contributed by atoms with E-state index in [4.69, 9.17) is 9.47 Å². The number of carbonyl (C=O) groups is 1. The van der Waals surface area contributed by atoms with Gasteiger partial charge in [-0.25, -0.2) is 4.98 Å². The van der Waals surface area contributed by atoms with Crippen LogP contribution >= 0.6 is 0 Å². The molecule has 1 aromatic carbocycles. The topological polar surface area (TPSA) is 96.6 Å². The SMILES string of the molecule is CCN(CC(=O)NC1CCCCC1C)Cc1nc2cc(OC)c(OC)cc2c(=O)[nH]1. The van der Waals surface area contributed by atoms with Crippen LogP contribution in [0.4, 0.5) is 0 Å². The number of ether oxygens (including phenoxy) is 2. The van der Waals surface area contributed by atoms with E-state index in [0.29, 0.717) is 47.2 Å². The standard InChI is InChI=1S/C22H32N4O4/c1-5-26(13-21(27)24-16-9-7-6-8-14(16)2)12-20-23-17-11-19(30-4)18(29-3)10-15(17)22(28)25-20/h10-11,14,16H,5-9,12-13H2,1-4H3,(H,24,27)(H,23,25,28). The molecular weight excluding hydrogens is 384 g/mol. The number of aromatic nitrogens is 2. The summed E-state index contributed by atoms with van der Waals surface area (Å²) in [4.78, 5) is 34.5. The van der Waals surface area contributed by atoms with Gasteiger partial charge in [-0.2, -0.15) is 0 Å². The molecule has 2 unspecified atom stereocenters. The lowest BCUT2D eigenvalue weighted by atomic mass is 9.86. The summed E-state index contributed by atoms with van der Waals surface area (Å²) in [7, 11) is 3.07. The largest absolute Gasteiger partial charge is 0.493 e. The molecule has 1 heterocycles. The van der Waals surface area contributed by atoms with E-state index in [1.807, 2.05) is 11.8 Å². The number of aromatic amines is 1. The summed E-state index contributed by atoms with van der Waals surface area (Å²) in [6, 6.07) is 3.58. The van der Waals surface area contributed by atoms with Crippen LogP contribution in [0.5, 0.6) is 11.5 Å². The van der Waals surface area contributed by atoms with Crippen LogP contribution in [0.2, 0.25) is 0 Å². The van der Waals surface area contributed by atoms with Crippen LogP contribution in [0, 0.1) is 5.92 Å². The van der Waals surface area contributed by atoms with Gasteiger partial charge in [0.25, 0.3) is 5.56 Å². The fourth-order valence-corrected chi connectivity index (χ4v) is 4.07. The quantitative estimate of drug-likeness (QED) is 0.686. The Bertz CT molecular complexity index is 943. The van der Waals surface area contributed by atoms with Crippen molar-refractivity contribution in [1.29, 1.82) is 0 Å². The molecule has 8 heteroatoms. The number of benzene rings is 1. The molecule has 2 atom stereocenters. The number of fused-ring (bicyclic) bond motifs is 1. The van der Waals surface area contributed by atoms with E-state index in [9.17, 15) is 9.59 Å². The molecule has 0 radical (unpaired) electrons. The van der Waals surface area contributed by atoms with Crippen LogP contribution in [-0.2, 0) is 11.3 Å². The van der Waals surface area contributed by atoms with Crippen molar-refractivity contribution < 1.29 is 14.3 Å². The minimum Gasteiger partial charge on any atom is -0.493 e. The molecule has 0 spiro atoms. The zero-order chi connectivity index (χ0) is 21.7. The molecule has 3 rings (SSSR count). The molecule has 8 nitrogen and oxygen atoms in total. The lowest BCUT2D eigenvalue weighted by Gasteiger charge is -2.30. The second-order valence-electron chi connectivity index (χ2n) is 7.98. The molecule has 30 heavy (non-hydrogen) atoms. The molecular formula is C22H32N4O4. The van der Waals surface area contributed by atoms with Crippen molar-refractivity contribution in [2.75, 3.05) is 27.3 Å². The van der Waals surface area contributed by atoms with Crippen LogP contribution in [0.25, 0.3) is 10.9 Å². The maximum Gasteiger partial charge on any atom is 0.258 e. The summed E-state index contributed by atoms with van der Waals surface area (Å²) in [6.07, 6.45) is 4.62. The van der Waals surface area contributed by atoms with Gasteiger partial charge in [0.2, 0.25) is 5.91 Å². The summed E-state index contributed by atoms with van der Waals surface area (Å²) >= 11 is 0. The van der Waals surface area contributed by atoms with Gasteiger partial charge in [0, 0.05) is 12.1 Å². The highest BCUT2D eigenvalue weighted by atomic mass is 16.5. The Hall–Kier alpha value is -2.61. The number of H-pyrrole nitrogens is 1. The monoisotopic (exact) mass is 416 g/mol. The highest BCUT2D eigenvalue weighted by Gasteiger charge is 2.23. The molecule has 1 aliphatic carbocycles. The van der Waals surface area contributed by atoms with Crippen LogP contribution in [-0.4, -0.2) is 54.1 Å². The molecule has 0 aliphatic heterocycles. The molecule has 2 aromatic rings. The first-order valence-corrected chi connectivity index (χ1v) is 10.6. The van der Waals surface area contributed by atoms with E-state index >= 15 is 0 Å². The Morgan fingerprint density at radius 3 is 2.60 bits per heavy atom. The highest BCUT2D eigenvalue weighted by molar-refractivity contribution is 5.82.